The molecule has 0 amide bonds. The molecule has 0 radical (unpaired) electrons. The SMILES string of the molecule is COc1ccc(/C=C/[13C](=O)c2cc(OC)c(OC)c(OC)c2)cc1. The summed E-state index contributed by atoms with van der Waals surface area (Å²) in [6.07, 6.45) is 3.24. The van der Waals surface area contributed by atoms with Crippen LogP contribution < -0.4 is 18.9 Å². The third-order valence-electron chi connectivity index (χ3n) is 3.49. The molecule has 5 heteroatoms. The molecule has 2 aromatic rings. The van der Waals surface area contributed by atoms with Crippen LogP contribution in [0.5, 0.6) is 23.0 Å². The van der Waals surface area contributed by atoms with E-state index in [1.54, 1.807) is 25.3 Å². The van der Waals surface area contributed by atoms with Gasteiger partial charge in [-0.05, 0) is 35.9 Å². The lowest BCUT2D eigenvalue weighted by molar-refractivity contribution is 0.104. The topological polar surface area (TPSA) is 54.0 Å². The van der Waals surface area contributed by atoms with E-state index in [0.717, 1.165) is 11.3 Å². The average Bonchev–Trinajstić information content (AvgIpc) is 2.65. The van der Waals surface area contributed by atoms with Crippen molar-refractivity contribution in [1.29, 1.82) is 0 Å². The number of rotatable bonds is 7. The molecule has 0 atom stereocenters. The Hall–Kier alpha value is -2.95. The Balaban J connectivity index is 2.26. The van der Waals surface area contributed by atoms with Gasteiger partial charge in [-0.25, -0.2) is 0 Å². The summed E-state index contributed by atoms with van der Waals surface area (Å²) in [5, 5.41) is 0. The van der Waals surface area contributed by atoms with Gasteiger partial charge in [-0.2, -0.15) is 0 Å². The predicted molar refractivity (Wildman–Crippen MR) is 92.5 cm³/mol. The third kappa shape index (κ3) is 3.87. The van der Waals surface area contributed by atoms with Gasteiger partial charge in [-0.1, -0.05) is 18.2 Å². The molecule has 0 aliphatic rings. The molecule has 5 nitrogen and oxygen atoms in total. The zero-order chi connectivity index (χ0) is 17.5. The Labute approximate surface area is 141 Å². The Morgan fingerprint density at radius 3 is 1.88 bits per heavy atom. The van der Waals surface area contributed by atoms with Gasteiger partial charge >= 0.3 is 0 Å². The molecule has 0 N–H and O–H groups in total. The van der Waals surface area contributed by atoms with Crippen molar-refractivity contribution in [2.45, 2.75) is 0 Å². The number of ketones is 1. The standard InChI is InChI=1S/C19H20O5/c1-21-15-8-5-13(6-9-15)7-10-16(20)14-11-17(22-2)19(24-4)18(12-14)23-3/h5-12H,1-4H3/b10-7+/i16+1. The molecule has 0 heterocycles. The molecule has 0 saturated carbocycles. The minimum atomic E-state index is -0.162. The largest absolute Gasteiger partial charge is 0.497 e. The number of methoxy groups -OCH3 is 4. The van der Waals surface area contributed by atoms with Gasteiger partial charge in [-0.15, -0.1) is 0 Å². The van der Waals surface area contributed by atoms with E-state index < -0.39 is 0 Å². The van der Waals surface area contributed by atoms with E-state index in [4.69, 9.17) is 18.9 Å². The first kappa shape index (κ1) is 17.4. The lowest BCUT2D eigenvalue weighted by Crippen LogP contribution is -2.00. The maximum atomic E-state index is 12.4. The molecule has 2 aromatic carbocycles. The van der Waals surface area contributed by atoms with Crippen molar-refractivity contribution in [1.82, 2.24) is 0 Å². The van der Waals surface area contributed by atoms with Crippen LogP contribution >= 0.6 is 0 Å². The zero-order valence-electron chi connectivity index (χ0n) is 14.2. The van der Waals surface area contributed by atoms with Crippen LogP contribution in [0.25, 0.3) is 6.08 Å². The number of carbonyl (C=O) groups excluding carboxylic acids is 1. The maximum Gasteiger partial charge on any atom is 0.203 e. The molecule has 0 saturated heterocycles. The summed E-state index contributed by atoms with van der Waals surface area (Å²) in [6.45, 7) is 0. The highest BCUT2D eigenvalue weighted by atomic mass is 16.5. The van der Waals surface area contributed by atoms with Crippen LogP contribution in [0.2, 0.25) is 0 Å². The van der Waals surface area contributed by atoms with E-state index in [9.17, 15) is 4.79 Å². The molecule has 0 aromatic heterocycles. The lowest BCUT2D eigenvalue weighted by atomic mass is 10.2. The first-order chi connectivity index (χ1) is 11.6. The Kier molecular flexibility index (Phi) is 5.84. The van der Waals surface area contributed by atoms with Gasteiger partial charge in [0, 0.05) is 5.56 Å². The number of allylic oxidation sites excluding steroid dienone is 1. The number of hydrogen-bond acceptors (Lipinski definition) is 5. The quantitative estimate of drug-likeness (QED) is 0.441. The van der Waals surface area contributed by atoms with Crippen LogP contribution in [0.15, 0.2) is 42.5 Å². The molecule has 0 fully saturated rings. The number of ether oxygens (including phenoxy) is 4. The second-order valence-electron chi connectivity index (χ2n) is 4.88. The second kappa shape index (κ2) is 8.06. The summed E-state index contributed by atoms with van der Waals surface area (Å²) in [5.74, 6) is 1.94. The van der Waals surface area contributed by atoms with Gasteiger partial charge in [0.2, 0.25) is 5.75 Å². The van der Waals surface area contributed by atoms with Gasteiger partial charge in [0.25, 0.3) is 0 Å². The van der Waals surface area contributed by atoms with Crippen molar-refractivity contribution >= 4 is 11.9 Å². The van der Waals surface area contributed by atoms with Gasteiger partial charge in [0.1, 0.15) is 5.75 Å². The van der Waals surface area contributed by atoms with Crippen molar-refractivity contribution in [3.63, 3.8) is 0 Å². The van der Waals surface area contributed by atoms with Gasteiger partial charge in [0.05, 0.1) is 28.4 Å². The lowest BCUT2D eigenvalue weighted by Gasteiger charge is -2.13. The number of hydrogen-bond donors (Lipinski definition) is 0. The minimum Gasteiger partial charge on any atom is -0.497 e. The summed E-state index contributed by atoms with van der Waals surface area (Å²) in [4.78, 5) is 12.4. The van der Waals surface area contributed by atoms with Crippen molar-refractivity contribution in [2.24, 2.45) is 0 Å². The van der Waals surface area contributed by atoms with Crippen molar-refractivity contribution in [2.75, 3.05) is 28.4 Å². The van der Waals surface area contributed by atoms with Crippen LogP contribution in [0.1, 0.15) is 15.9 Å². The molecular weight excluding hydrogens is 309 g/mol. The van der Waals surface area contributed by atoms with E-state index in [1.165, 1.54) is 27.4 Å². The van der Waals surface area contributed by atoms with Crippen molar-refractivity contribution in [3.8, 4) is 23.0 Å². The first-order valence-electron chi connectivity index (χ1n) is 7.29. The highest BCUT2D eigenvalue weighted by Crippen LogP contribution is 2.38. The molecule has 2 rings (SSSR count). The smallest absolute Gasteiger partial charge is 0.203 e. The van der Waals surface area contributed by atoms with Crippen LogP contribution in [-0.4, -0.2) is 34.2 Å². The van der Waals surface area contributed by atoms with Crippen LogP contribution in [0.3, 0.4) is 0 Å². The fraction of sp³-hybridized carbons (Fsp3) is 0.211. The molecule has 0 spiro atoms. The normalized spacial score (nSPS) is 10.5. The molecule has 0 unspecified atom stereocenters. The number of carbonyl (C=O) groups is 1. The van der Waals surface area contributed by atoms with E-state index in [0.29, 0.717) is 22.8 Å². The Bertz CT molecular complexity index is 707. The van der Waals surface area contributed by atoms with E-state index >= 15 is 0 Å². The zero-order valence-corrected chi connectivity index (χ0v) is 14.2. The monoisotopic (exact) mass is 329 g/mol. The summed E-state index contributed by atoms with van der Waals surface area (Å²) >= 11 is 0. The van der Waals surface area contributed by atoms with Crippen LogP contribution in [0.4, 0.5) is 0 Å². The second-order valence-corrected chi connectivity index (χ2v) is 4.88. The fourth-order valence-corrected chi connectivity index (χ4v) is 2.21. The highest BCUT2D eigenvalue weighted by Gasteiger charge is 2.15. The van der Waals surface area contributed by atoms with Gasteiger partial charge in [0.15, 0.2) is 17.3 Å². The van der Waals surface area contributed by atoms with Crippen LogP contribution in [-0.2, 0) is 0 Å². The molecule has 126 valence electrons. The highest BCUT2D eigenvalue weighted by molar-refractivity contribution is 6.07. The molecule has 0 bridgehead atoms. The van der Waals surface area contributed by atoms with Crippen molar-refractivity contribution in [3.05, 3.63) is 53.6 Å². The Morgan fingerprint density at radius 1 is 0.833 bits per heavy atom. The predicted octanol–water partition coefficient (Wildman–Crippen LogP) is 3.62. The van der Waals surface area contributed by atoms with E-state index in [-0.39, 0.29) is 5.78 Å². The summed E-state index contributed by atoms with van der Waals surface area (Å²) in [6, 6.07) is 10.7. The average molecular weight is 329 g/mol. The molecule has 0 aliphatic carbocycles. The van der Waals surface area contributed by atoms with E-state index in [1.807, 2.05) is 24.3 Å². The Morgan fingerprint density at radius 2 is 1.42 bits per heavy atom. The molecular formula is C19H20O5. The van der Waals surface area contributed by atoms with Crippen LogP contribution in [0, 0.1) is 0 Å². The third-order valence-corrected chi connectivity index (χ3v) is 3.49. The maximum absolute atomic E-state index is 12.4. The first-order valence-corrected chi connectivity index (χ1v) is 7.29. The summed E-state index contributed by atoms with van der Waals surface area (Å²) in [7, 11) is 6.15. The molecule has 24 heavy (non-hydrogen) atoms. The summed E-state index contributed by atoms with van der Waals surface area (Å²) < 4.78 is 20.9. The van der Waals surface area contributed by atoms with Gasteiger partial charge in [-0.3, -0.25) is 4.79 Å². The minimum absolute atomic E-state index is 0.162. The summed E-state index contributed by atoms with van der Waals surface area (Å²) in [5.41, 5.74) is 1.35. The van der Waals surface area contributed by atoms with E-state index in [2.05, 4.69) is 0 Å². The molecule has 0 aliphatic heterocycles. The fourth-order valence-electron chi connectivity index (χ4n) is 2.21. The van der Waals surface area contributed by atoms with Crippen molar-refractivity contribution < 1.29 is 23.7 Å². The number of benzene rings is 2. The van der Waals surface area contributed by atoms with Gasteiger partial charge < -0.3 is 18.9 Å².